The third-order valence-corrected chi connectivity index (χ3v) is 3.35. The molecule has 0 aliphatic rings. The quantitative estimate of drug-likeness (QED) is 0.181. The Morgan fingerprint density at radius 2 is 1.45 bits per heavy atom. The van der Waals surface area contributed by atoms with Crippen molar-refractivity contribution in [2.24, 2.45) is 0 Å². The molecule has 0 heterocycles. The summed E-state index contributed by atoms with van der Waals surface area (Å²) in [5.41, 5.74) is 0. The number of hydrogen-bond acceptors (Lipinski definition) is 10. The van der Waals surface area contributed by atoms with Crippen molar-refractivity contribution in [3.05, 3.63) is 0 Å². The van der Waals surface area contributed by atoms with E-state index < -0.39 is 49.9 Å². The molecule has 11 nitrogen and oxygen atoms in total. The van der Waals surface area contributed by atoms with E-state index in [9.17, 15) is 19.8 Å². The number of aliphatic hydroxyl groups excluding tert-OH is 3. The number of methoxy groups -OCH3 is 1. The van der Waals surface area contributed by atoms with Crippen LogP contribution in [0.2, 0.25) is 0 Å². The average Bonchev–Trinajstić information content (AvgIpc) is 2.75. The van der Waals surface area contributed by atoms with E-state index in [0.717, 1.165) is 0 Å². The average molecular weight is 428 g/mol. The fourth-order valence-electron chi connectivity index (χ4n) is 1.79. The minimum atomic E-state index is -1.12. The molecule has 0 aliphatic carbocycles. The Hall–Kier alpha value is -1.34. The molecule has 0 aromatic heterocycles. The first-order valence-corrected chi connectivity index (χ1v) is 9.55. The summed E-state index contributed by atoms with van der Waals surface area (Å²) in [7, 11) is 1.33. The molecule has 2 unspecified atom stereocenters. The Morgan fingerprint density at radius 3 is 1.90 bits per heavy atom. The lowest BCUT2D eigenvalue weighted by Gasteiger charge is -2.26. The van der Waals surface area contributed by atoms with E-state index in [2.05, 4.69) is 0 Å². The third kappa shape index (κ3) is 16.2. The van der Waals surface area contributed by atoms with Crippen LogP contribution in [0.25, 0.3) is 0 Å². The molecule has 4 N–H and O–H groups in total. The van der Waals surface area contributed by atoms with Gasteiger partial charge in [-0.1, -0.05) is 20.8 Å². The van der Waals surface area contributed by atoms with Gasteiger partial charge in [0, 0.05) is 7.11 Å². The number of ether oxygens (including phenoxy) is 5. The summed E-state index contributed by atoms with van der Waals surface area (Å²) < 4.78 is 26.0. The van der Waals surface area contributed by atoms with Crippen LogP contribution < -0.4 is 0 Å². The van der Waals surface area contributed by atoms with Crippen LogP contribution in [0.3, 0.4) is 0 Å². The van der Waals surface area contributed by atoms with Crippen molar-refractivity contribution >= 4 is 11.9 Å². The molecule has 174 valence electrons. The molecule has 0 spiro atoms. The van der Waals surface area contributed by atoms with Crippen LogP contribution in [0.15, 0.2) is 0 Å². The van der Waals surface area contributed by atoms with Gasteiger partial charge in [0.05, 0.1) is 45.4 Å². The number of carboxylic acid groups (broad SMARTS) is 1. The van der Waals surface area contributed by atoms with Gasteiger partial charge >= 0.3 is 11.9 Å². The largest absolute Gasteiger partial charge is 0.481 e. The fraction of sp³-hybridized carbons (Fsp3) is 0.889. The topological polar surface area (TPSA) is 161 Å². The first-order valence-electron chi connectivity index (χ1n) is 9.55. The maximum Gasteiger partial charge on any atom is 0.306 e. The normalized spacial score (nSPS) is 14.9. The van der Waals surface area contributed by atoms with Crippen LogP contribution in [0.4, 0.5) is 0 Å². The number of carbonyl (C=O) groups excluding carboxylic acids is 1. The summed E-state index contributed by atoms with van der Waals surface area (Å²) in [5.74, 6) is -1.86. The second-order valence-corrected chi connectivity index (χ2v) is 5.48. The van der Waals surface area contributed by atoms with E-state index in [1.54, 1.807) is 6.92 Å². The molecule has 0 bridgehead atoms. The molecule has 0 aliphatic heterocycles. The van der Waals surface area contributed by atoms with Crippen molar-refractivity contribution in [3.8, 4) is 0 Å². The van der Waals surface area contributed by atoms with Crippen molar-refractivity contribution < 1.29 is 53.7 Å². The molecule has 0 aromatic carbocycles. The van der Waals surface area contributed by atoms with Gasteiger partial charge in [0.15, 0.2) is 12.6 Å². The zero-order valence-electron chi connectivity index (χ0n) is 17.6. The molecular weight excluding hydrogens is 392 g/mol. The van der Waals surface area contributed by atoms with Gasteiger partial charge in [0.2, 0.25) is 0 Å². The summed E-state index contributed by atoms with van der Waals surface area (Å²) in [6.07, 6.45) is -3.61. The number of esters is 1. The van der Waals surface area contributed by atoms with Crippen LogP contribution in [-0.2, 0) is 33.3 Å². The Morgan fingerprint density at radius 1 is 0.862 bits per heavy atom. The van der Waals surface area contributed by atoms with Crippen molar-refractivity contribution in [1.82, 2.24) is 0 Å². The second-order valence-electron chi connectivity index (χ2n) is 5.48. The lowest BCUT2D eigenvalue weighted by molar-refractivity contribution is -0.236. The molecule has 11 heteroatoms. The molecule has 0 saturated heterocycles. The van der Waals surface area contributed by atoms with Crippen molar-refractivity contribution in [1.29, 1.82) is 0 Å². The maximum absolute atomic E-state index is 11.5. The third-order valence-electron chi connectivity index (χ3n) is 3.35. The molecule has 0 fully saturated rings. The molecule has 4 atom stereocenters. The first kappa shape index (κ1) is 29.9. The van der Waals surface area contributed by atoms with E-state index in [-0.39, 0.29) is 32.7 Å². The molecule has 0 radical (unpaired) electrons. The summed E-state index contributed by atoms with van der Waals surface area (Å²) >= 11 is 0. The maximum atomic E-state index is 11.5. The highest BCUT2D eigenvalue weighted by molar-refractivity contribution is 5.76. The van der Waals surface area contributed by atoms with Gasteiger partial charge in [-0.05, 0) is 6.42 Å². The highest BCUT2D eigenvalue weighted by Gasteiger charge is 2.22. The number of aliphatic hydroxyl groups is 3. The Bertz CT molecular complexity index is 397. The highest BCUT2D eigenvalue weighted by atomic mass is 16.7. The zero-order chi connectivity index (χ0) is 22.7. The minimum absolute atomic E-state index is 0.171. The molecule has 0 rings (SSSR count). The molecule has 0 amide bonds. The summed E-state index contributed by atoms with van der Waals surface area (Å²) in [6, 6.07) is 0. The lowest BCUT2D eigenvalue weighted by atomic mass is 10.3. The smallest absolute Gasteiger partial charge is 0.306 e. The van der Waals surface area contributed by atoms with Crippen LogP contribution in [0, 0.1) is 0 Å². The number of carboxylic acids is 1. The summed E-state index contributed by atoms with van der Waals surface area (Å²) in [6.45, 7) is 4.15. The Labute approximate surface area is 171 Å². The predicted molar refractivity (Wildman–Crippen MR) is 101 cm³/mol. The lowest BCUT2D eigenvalue weighted by Crippen LogP contribution is -2.37. The van der Waals surface area contributed by atoms with E-state index in [0.29, 0.717) is 6.42 Å². The predicted octanol–water partition coefficient (Wildman–Crippen LogP) is -0.107. The number of carbonyl (C=O) groups is 2. The van der Waals surface area contributed by atoms with Crippen molar-refractivity contribution in [2.75, 3.05) is 40.1 Å². The van der Waals surface area contributed by atoms with E-state index >= 15 is 0 Å². The standard InChI is InChI=1S/C16H30O11.C2H6/c1-3-11(6-17)26-16(10-24-14(22)5-4-13(20)21)25-9-12(7-18)27-15(8-19)23-2;1-2/h11-12,15-19H,3-10H2,1-2H3,(H,20,21);1-2H3/t11?,12?,15-,16-;/m0./s1. The monoisotopic (exact) mass is 428 g/mol. The highest BCUT2D eigenvalue weighted by Crippen LogP contribution is 2.09. The molecule has 29 heavy (non-hydrogen) atoms. The van der Waals surface area contributed by atoms with E-state index in [4.69, 9.17) is 33.9 Å². The summed E-state index contributed by atoms with van der Waals surface area (Å²) in [5, 5.41) is 36.2. The minimum Gasteiger partial charge on any atom is -0.481 e. The molecule has 0 saturated carbocycles. The van der Waals surface area contributed by atoms with Gasteiger partial charge < -0.3 is 44.1 Å². The SMILES string of the molecule is CC.CCC(CO)O[C@@H](COC(=O)CCC(=O)O)OCC(CO)O[C@@H](CO)OC. The van der Waals surface area contributed by atoms with Gasteiger partial charge in [-0.15, -0.1) is 0 Å². The zero-order valence-corrected chi connectivity index (χ0v) is 17.6. The van der Waals surface area contributed by atoms with Crippen LogP contribution in [0.1, 0.15) is 40.0 Å². The van der Waals surface area contributed by atoms with Crippen LogP contribution >= 0.6 is 0 Å². The van der Waals surface area contributed by atoms with Gasteiger partial charge in [0.1, 0.15) is 12.7 Å². The first-order chi connectivity index (χ1) is 13.9. The van der Waals surface area contributed by atoms with E-state index in [1.165, 1.54) is 7.11 Å². The second kappa shape index (κ2) is 20.0. The van der Waals surface area contributed by atoms with Gasteiger partial charge in [0.25, 0.3) is 0 Å². The molecular formula is C18H36O11. The van der Waals surface area contributed by atoms with Crippen LogP contribution in [0.5, 0.6) is 0 Å². The number of hydrogen-bond donors (Lipinski definition) is 4. The van der Waals surface area contributed by atoms with E-state index in [1.807, 2.05) is 13.8 Å². The number of rotatable bonds is 17. The fourth-order valence-corrected chi connectivity index (χ4v) is 1.79. The number of aliphatic carboxylic acids is 1. The van der Waals surface area contributed by atoms with Gasteiger partial charge in [-0.3, -0.25) is 9.59 Å². The van der Waals surface area contributed by atoms with Crippen molar-refractivity contribution in [3.63, 3.8) is 0 Å². The van der Waals surface area contributed by atoms with Gasteiger partial charge in [-0.2, -0.15) is 0 Å². The Kier molecular flexibility index (Phi) is 20.5. The van der Waals surface area contributed by atoms with Gasteiger partial charge in [-0.25, -0.2) is 0 Å². The van der Waals surface area contributed by atoms with Crippen molar-refractivity contribution in [2.45, 2.75) is 64.8 Å². The summed E-state index contributed by atoms with van der Waals surface area (Å²) in [4.78, 5) is 22.0. The van der Waals surface area contributed by atoms with Crippen LogP contribution in [-0.4, -0.2) is 97.3 Å². The Balaban J connectivity index is 0. The molecule has 0 aromatic rings.